The summed E-state index contributed by atoms with van der Waals surface area (Å²) in [5.74, 6) is -2.49. The van der Waals surface area contributed by atoms with E-state index in [1.807, 2.05) is 0 Å². The fourth-order valence-corrected chi connectivity index (χ4v) is 1.95. The van der Waals surface area contributed by atoms with Gasteiger partial charge >= 0.3 is 5.97 Å². The molecule has 1 fully saturated rings. The first-order valence-electron chi connectivity index (χ1n) is 6.80. The van der Waals surface area contributed by atoms with Crippen LogP contribution in [0.2, 0.25) is 0 Å². The second-order valence-corrected chi connectivity index (χ2v) is 5.24. The van der Waals surface area contributed by atoms with Crippen molar-refractivity contribution in [1.29, 1.82) is 0 Å². The van der Waals surface area contributed by atoms with Crippen LogP contribution in [0.4, 0.5) is 5.69 Å². The van der Waals surface area contributed by atoms with Gasteiger partial charge < -0.3 is 9.47 Å². The molecule has 1 aliphatic rings. The molecule has 7 nitrogen and oxygen atoms in total. The van der Waals surface area contributed by atoms with Crippen LogP contribution in [0.25, 0.3) is 4.85 Å². The Bertz CT molecular complexity index is 685. The van der Waals surface area contributed by atoms with Crippen LogP contribution in [0.15, 0.2) is 36.1 Å². The van der Waals surface area contributed by atoms with Crippen LogP contribution in [0.3, 0.4) is 0 Å². The van der Waals surface area contributed by atoms with Crippen molar-refractivity contribution in [1.82, 2.24) is 5.06 Å². The third kappa shape index (κ3) is 4.08. The molecular weight excluding hydrogens is 300 g/mol. The van der Waals surface area contributed by atoms with E-state index in [4.69, 9.17) is 20.9 Å². The van der Waals surface area contributed by atoms with Gasteiger partial charge in [0.2, 0.25) is 11.5 Å². The average molecular weight is 316 g/mol. The zero-order valence-electron chi connectivity index (χ0n) is 13.0. The molecule has 1 aromatic carbocycles. The second-order valence-electron chi connectivity index (χ2n) is 5.24. The zero-order chi connectivity index (χ0) is 17.0. The van der Waals surface area contributed by atoms with Crippen LogP contribution in [0.1, 0.15) is 19.4 Å². The number of carbonyl (C=O) groups is 2. The Morgan fingerprint density at radius 2 is 2.00 bits per heavy atom. The Kier molecular flexibility index (Phi) is 4.67. The van der Waals surface area contributed by atoms with E-state index in [1.54, 1.807) is 38.1 Å². The number of rotatable bonds is 4. The van der Waals surface area contributed by atoms with Gasteiger partial charge in [0, 0.05) is 13.8 Å². The minimum Gasteiger partial charge on any atom is -0.445 e. The van der Waals surface area contributed by atoms with Gasteiger partial charge in [0.25, 0.3) is 5.91 Å². The number of nitrogens with zero attached hydrogens (tertiary/aromatic N) is 2. The average Bonchev–Trinajstić information content (AvgIpc) is 2.77. The molecule has 0 saturated carbocycles. The molecule has 0 spiro atoms. The first-order chi connectivity index (χ1) is 10.8. The molecule has 1 amide bonds. The van der Waals surface area contributed by atoms with Crippen molar-refractivity contribution in [3.05, 3.63) is 53.1 Å². The molecule has 120 valence electrons. The predicted octanol–water partition coefficient (Wildman–Crippen LogP) is 2.32. The fourth-order valence-electron chi connectivity index (χ4n) is 1.95. The normalized spacial score (nSPS) is 17.3. The fraction of sp³-hybridized carbons (Fsp3) is 0.312. The first-order valence-corrected chi connectivity index (χ1v) is 6.80. The number of amides is 1. The van der Waals surface area contributed by atoms with Gasteiger partial charge in [0.15, 0.2) is 5.69 Å². The lowest BCUT2D eigenvalue weighted by Gasteiger charge is -2.18. The lowest BCUT2D eigenvalue weighted by atomic mass is 10.2. The summed E-state index contributed by atoms with van der Waals surface area (Å²) >= 11 is 0. The highest BCUT2D eigenvalue weighted by Crippen LogP contribution is 2.26. The molecule has 0 radical (unpaired) electrons. The summed E-state index contributed by atoms with van der Waals surface area (Å²) in [5, 5.41) is 1.07. The van der Waals surface area contributed by atoms with Gasteiger partial charge in [-0.3, -0.25) is 9.63 Å². The Hall–Kier alpha value is -2.85. The van der Waals surface area contributed by atoms with E-state index in [9.17, 15) is 9.59 Å². The summed E-state index contributed by atoms with van der Waals surface area (Å²) in [6.07, 6.45) is 1.04. The quantitative estimate of drug-likeness (QED) is 0.369. The van der Waals surface area contributed by atoms with Crippen molar-refractivity contribution in [2.24, 2.45) is 0 Å². The van der Waals surface area contributed by atoms with Crippen LogP contribution in [-0.2, 0) is 30.4 Å². The lowest BCUT2D eigenvalue weighted by Crippen LogP contribution is -2.28. The van der Waals surface area contributed by atoms with Crippen LogP contribution >= 0.6 is 0 Å². The Labute approximate surface area is 133 Å². The van der Waals surface area contributed by atoms with Crippen LogP contribution in [-0.4, -0.2) is 29.8 Å². The zero-order valence-corrected chi connectivity index (χ0v) is 13.0. The standard InChI is InChI=1S/C16H16N2O5/c1-16(2)22-13(15(20)23-16)9-14(19)18(21-4)10-11-5-7-12(17-3)8-6-11/h5-9H,10H2,1-2,4H3/b13-9-. The Morgan fingerprint density at radius 1 is 1.35 bits per heavy atom. The summed E-state index contributed by atoms with van der Waals surface area (Å²) in [4.78, 5) is 32.2. The van der Waals surface area contributed by atoms with Gasteiger partial charge in [-0.15, -0.1) is 0 Å². The number of hydrogen-bond donors (Lipinski definition) is 0. The molecule has 0 bridgehead atoms. The third-order valence-corrected chi connectivity index (χ3v) is 3.01. The van der Waals surface area contributed by atoms with Gasteiger partial charge in [-0.2, -0.15) is 0 Å². The van der Waals surface area contributed by atoms with Gasteiger partial charge in [0.1, 0.15) is 0 Å². The van der Waals surface area contributed by atoms with Crippen molar-refractivity contribution < 1.29 is 23.9 Å². The molecule has 23 heavy (non-hydrogen) atoms. The molecule has 2 rings (SSSR count). The smallest absolute Gasteiger partial charge is 0.377 e. The van der Waals surface area contributed by atoms with Crippen molar-refractivity contribution in [2.45, 2.75) is 26.2 Å². The molecule has 1 heterocycles. The molecular formula is C16H16N2O5. The summed E-state index contributed by atoms with van der Waals surface area (Å²) in [7, 11) is 1.35. The monoisotopic (exact) mass is 316 g/mol. The van der Waals surface area contributed by atoms with E-state index in [1.165, 1.54) is 7.11 Å². The second kappa shape index (κ2) is 6.50. The van der Waals surface area contributed by atoms with E-state index < -0.39 is 17.7 Å². The molecule has 0 unspecified atom stereocenters. The highest BCUT2D eigenvalue weighted by Gasteiger charge is 2.38. The maximum absolute atomic E-state index is 12.2. The summed E-state index contributed by atoms with van der Waals surface area (Å²) in [6, 6.07) is 6.75. The maximum Gasteiger partial charge on any atom is 0.377 e. The molecule has 1 aliphatic heterocycles. The molecule has 1 aromatic rings. The highest BCUT2D eigenvalue weighted by molar-refractivity contribution is 5.97. The van der Waals surface area contributed by atoms with E-state index in [2.05, 4.69) is 4.85 Å². The molecule has 0 aromatic heterocycles. The van der Waals surface area contributed by atoms with Gasteiger partial charge in [-0.25, -0.2) is 14.7 Å². The SMILES string of the molecule is [C-]#[N+]c1ccc(CN(OC)C(=O)/C=C2\OC(C)(C)OC2=O)cc1. The van der Waals surface area contributed by atoms with Gasteiger partial charge in [-0.1, -0.05) is 24.3 Å². The molecule has 0 aliphatic carbocycles. The van der Waals surface area contributed by atoms with E-state index in [-0.39, 0.29) is 12.3 Å². The number of hydrogen-bond acceptors (Lipinski definition) is 5. The lowest BCUT2D eigenvalue weighted by molar-refractivity contribution is -0.173. The maximum atomic E-state index is 12.2. The van der Waals surface area contributed by atoms with E-state index in [0.717, 1.165) is 16.7 Å². The summed E-state index contributed by atoms with van der Waals surface area (Å²) < 4.78 is 10.2. The third-order valence-electron chi connectivity index (χ3n) is 3.01. The van der Waals surface area contributed by atoms with Gasteiger partial charge in [0.05, 0.1) is 26.3 Å². The largest absolute Gasteiger partial charge is 0.445 e. The number of hydroxylamine groups is 2. The number of cyclic esters (lactones) is 1. The topological polar surface area (TPSA) is 69.4 Å². The number of benzene rings is 1. The molecule has 1 saturated heterocycles. The number of ether oxygens (including phenoxy) is 2. The number of carbonyl (C=O) groups excluding carboxylic acids is 2. The molecule has 0 atom stereocenters. The van der Waals surface area contributed by atoms with Crippen molar-refractivity contribution in [2.75, 3.05) is 7.11 Å². The minimum absolute atomic E-state index is 0.162. The summed E-state index contributed by atoms with van der Waals surface area (Å²) in [5.41, 5.74) is 1.29. The van der Waals surface area contributed by atoms with E-state index in [0.29, 0.717) is 5.69 Å². The summed E-state index contributed by atoms with van der Waals surface area (Å²) in [6.45, 7) is 10.2. The Morgan fingerprint density at radius 3 is 2.48 bits per heavy atom. The van der Waals surface area contributed by atoms with Crippen LogP contribution < -0.4 is 0 Å². The van der Waals surface area contributed by atoms with Crippen molar-refractivity contribution in [3.8, 4) is 0 Å². The molecule has 7 heteroatoms. The first kappa shape index (κ1) is 16.5. The van der Waals surface area contributed by atoms with Crippen molar-refractivity contribution in [3.63, 3.8) is 0 Å². The van der Waals surface area contributed by atoms with Gasteiger partial charge in [-0.05, 0) is 5.56 Å². The van der Waals surface area contributed by atoms with Crippen LogP contribution in [0, 0.1) is 6.57 Å². The van der Waals surface area contributed by atoms with E-state index >= 15 is 0 Å². The highest BCUT2D eigenvalue weighted by atomic mass is 16.8. The van der Waals surface area contributed by atoms with Crippen molar-refractivity contribution >= 4 is 17.6 Å². The molecule has 0 N–H and O–H groups in total. The van der Waals surface area contributed by atoms with Crippen LogP contribution in [0.5, 0.6) is 0 Å². The number of esters is 1. The minimum atomic E-state index is -1.09. The predicted molar refractivity (Wildman–Crippen MR) is 79.6 cm³/mol. The Balaban J connectivity index is 2.09.